The summed E-state index contributed by atoms with van der Waals surface area (Å²) >= 11 is 6.88. The molecule has 2 aromatic heterocycles. The number of nitrogens with one attached hydrogen (secondary N) is 1. The van der Waals surface area contributed by atoms with E-state index in [4.69, 9.17) is 21.4 Å². The van der Waals surface area contributed by atoms with Crippen LogP contribution >= 0.6 is 22.9 Å². The highest BCUT2D eigenvalue weighted by Gasteiger charge is 2.16. The summed E-state index contributed by atoms with van der Waals surface area (Å²) in [5.74, 6) is -0.552. The van der Waals surface area contributed by atoms with Crippen LogP contribution in [0, 0.1) is 0 Å². The molecule has 0 unspecified atom stereocenters. The molecule has 0 aliphatic carbocycles. The van der Waals surface area contributed by atoms with Crippen molar-refractivity contribution in [2.75, 3.05) is 5.32 Å². The number of aromatic carboxylic acids is 1. The molecule has 2 heterocycles. The van der Waals surface area contributed by atoms with Crippen LogP contribution in [0.2, 0.25) is 5.02 Å². The summed E-state index contributed by atoms with van der Waals surface area (Å²) in [7, 11) is 0. The molecule has 2 aromatic carbocycles. The zero-order chi connectivity index (χ0) is 25.1. The maximum Gasteiger partial charge on any atom is 0.355 e. The lowest BCUT2D eigenvalue weighted by atomic mass is 10.2. The molecule has 0 amide bonds. The van der Waals surface area contributed by atoms with E-state index < -0.39 is 17.3 Å². The third-order valence-corrected chi connectivity index (χ3v) is 6.00. The predicted molar refractivity (Wildman–Crippen MR) is 133 cm³/mol. The van der Waals surface area contributed by atoms with E-state index in [9.17, 15) is 14.4 Å². The Labute approximate surface area is 208 Å². The van der Waals surface area contributed by atoms with Gasteiger partial charge < -0.3 is 15.2 Å². The van der Waals surface area contributed by atoms with E-state index in [1.54, 1.807) is 62.4 Å². The van der Waals surface area contributed by atoms with Gasteiger partial charge in [-0.25, -0.2) is 23.9 Å². The number of nitrogens with zero attached hydrogens (tertiary/aromatic N) is 4. The van der Waals surface area contributed by atoms with Crippen LogP contribution in [0.3, 0.4) is 0 Å². The van der Waals surface area contributed by atoms with Crippen LogP contribution in [0.5, 0.6) is 10.9 Å². The van der Waals surface area contributed by atoms with Crippen molar-refractivity contribution in [3.05, 3.63) is 91.2 Å². The summed E-state index contributed by atoms with van der Waals surface area (Å²) in [4.78, 5) is 44.8. The average Bonchev–Trinajstić information content (AvgIpc) is 3.27. The van der Waals surface area contributed by atoms with E-state index in [0.717, 1.165) is 21.5 Å². The summed E-state index contributed by atoms with van der Waals surface area (Å²) in [5.41, 5.74) is 0.220. The minimum Gasteiger partial charge on any atom is -0.477 e. The first-order valence-corrected chi connectivity index (χ1v) is 11.6. The van der Waals surface area contributed by atoms with Gasteiger partial charge >= 0.3 is 17.3 Å². The van der Waals surface area contributed by atoms with E-state index >= 15 is 0 Å². The molecule has 0 aliphatic heterocycles. The molecule has 0 bridgehead atoms. The maximum atomic E-state index is 13.2. The number of halogens is 1. The lowest BCUT2D eigenvalue weighted by Crippen LogP contribution is -2.43. The summed E-state index contributed by atoms with van der Waals surface area (Å²) in [5, 5.41) is 12.8. The highest BCUT2D eigenvalue weighted by atomic mass is 35.5. The van der Waals surface area contributed by atoms with Gasteiger partial charge in [0.05, 0.1) is 12.7 Å². The molecule has 0 atom stereocenters. The number of carbonyl (C=O) groups is 1. The standard InChI is InChI=1S/C23H20ClN5O5S/c1-13(2)29-21(32)27-20(28(23(29)33)12-14-3-5-15(24)6-4-14)26-16-7-9-17(10-8-16)34-22-25-11-18(35-22)19(30)31/h3-11,13H,12H2,1-2H3,(H,30,31)(H,26,27,32). The first kappa shape index (κ1) is 24.2. The third-order valence-electron chi connectivity index (χ3n) is 4.88. The van der Waals surface area contributed by atoms with Crippen molar-refractivity contribution in [3.8, 4) is 10.9 Å². The molecule has 0 radical (unpaired) electrons. The Kier molecular flexibility index (Phi) is 6.99. The molecule has 0 fully saturated rings. The first-order valence-electron chi connectivity index (χ1n) is 10.4. The van der Waals surface area contributed by atoms with Crippen LogP contribution in [0.15, 0.2) is 64.3 Å². The summed E-state index contributed by atoms with van der Waals surface area (Å²) in [6.45, 7) is 3.66. The fourth-order valence-electron chi connectivity index (χ4n) is 3.20. The normalized spacial score (nSPS) is 11.0. The second-order valence-corrected chi connectivity index (χ2v) is 9.15. The van der Waals surface area contributed by atoms with E-state index in [-0.39, 0.29) is 28.6 Å². The first-order chi connectivity index (χ1) is 16.7. The van der Waals surface area contributed by atoms with Crippen LogP contribution in [0.1, 0.15) is 35.1 Å². The summed E-state index contributed by atoms with van der Waals surface area (Å²) in [6, 6.07) is 13.3. The number of carboxylic acids is 1. The Morgan fingerprint density at radius 2 is 1.83 bits per heavy atom. The van der Waals surface area contributed by atoms with Gasteiger partial charge in [0.1, 0.15) is 10.6 Å². The molecular formula is C23H20ClN5O5S. The van der Waals surface area contributed by atoms with Gasteiger partial charge in [0, 0.05) is 16.8 Å². The lowest BCUT2D eigenvalue weighted by molar-refractivity contribution is 0.0702. The number of aromatic nitrogens is 4. The van der Waals surface area contributed by atoms with Crippen LogP contribution in [0.25, 0.3) is 0 Å². The fraction of sp³-hybridized carbons (Fsp3) is 0.174. The highest BCUT2D eigenvalue weighted by Crippen LogP contribution is 2.28. The molecule has 35 heavy (non-hydrogen) atoms. The van der Waals surface area contributed by atoms with Gasteiger partial charge in [-0.15, -0.1) is 0 Å². The Balaban J connectivity index is 1.62. The molecule has 2 N–H and O–H groups in total. The van der Waals surface area contributed by atoms with Crippen LogP contribution in [-0.4, -0.2) is 30.2 Å². The SMILES string of the molecule is CC(C)n1c(=O)nc(Nc2ccc(Oc3ncc(C(=O)O)s3)cc2)n(Cc2ccc(Cl)cc2)c1=O. The van der Waals surface area contributed by atoms with Gasteiger partial charge in [-0.2, -0.15) is 4.98 Å². The van der Waals surface area contributed by atoms with E-state index in [1.807, 2.05) is 0 Å². The zero-order valence-electron chi connectivity index (χ0n) is 18.6. The molecule has 0 saturated heterocycles. The fourth-order valence-corrected chi connectivity index (χ4v) is 3.95. The van der Waals surface area contributed by atoms with Gasteiger partial charge in [-0.3, -0.25) is 4.57 Å². The maximum absolute atomic E-state index is 13.2. The molecule has 0 spiro atoms. The number of benzene rings is 2. The number of hydrogen-bond acceptors (Lipinski definition) is 8. The molecule has 10 nitrogen and oxygen atoms in total. The van der Waals surface area contributed by atoms with Crippen molar-refractivity contribution in [1.82, 2.24) is 19.1 Å². The van der Waals surface area contributed by atoms with Crippen LogP contribution in [-0.2, 0) is 6.54 Å². The van der Waals surface area contributed by atoms with Crippen molar-refractivity contribution >= 4 is 40.5 Å². The quantitative estimate of drug-likeness (QED) is 0.355. The summed E-state index contributed by atoms with van der Waals surface area (Å²) in [6.07, 6.45) is 1.23. The molecule has 180 valence electrons. The molecule has 12 heteroatoms. The van der Waals surface area contributed by atoms with Crippen molar-refractivity contribution in [3.63, 3.8) is 0 Å². The lowest BCUT2D eigenvalue weighted by Gasteiger charge is -2.17. The van der Waals surface area contributed by atoms with Crippen LogP contribution < -0.4 is 21.4 Å². The number of ether oxygens (including phenoxy) is 1. The second-order valence-electron chi connectivity index (χ2n) is 7.72. The van der Waals surface area contributed by atoms with E-state index in [0.29, 0.717) is 16.5 Å². The van der Waals surface area contributed by atoms with Crippen molar-refractivity contribution in [2.45, 2.75) is 26.4 Å². The Morgan fingerprint density at radius 1 is 1.14 bits per heavy atom. The smallest absolute Gasteiger partial charge is 0.355 e. The topological polar surface area (TPSA) is 128 Å². The number of hydrogen-bond donors (Lipinski definition) is 2. The molecule has 0 aliphatic rings. The minimum atomic E-state index is -1.08. The van der Waals surface area contributed by atoms with Gasteiger partial charge in [-0.05, 0) is 55.8 Å². The Hall–Kier alpha value is -3.96. The van der Waals surface area contributed by atoms with Gasteiger partial charge in [-0.1, -0.05) is 35.1 Å². The number of anilines is 2. The molecular weight excluding hydrogens is 494 g/mol. The minimum absolute atomic E-state index is 0.0687. The van der Waals surface area contributed by atoms with Crippen molar-refractivity contribution in [2.24, 2.45) is 0 Å². The Bertz CT molecular complexity index is 1480. The highest BCUT2D eigenvalue weighted by molar-refractivity contribution is 7.15. The van der Waals surface area contributed by atoms with Gasteiger partial charge in [0.2, 0.25) is 5.95 Å². The van der Waals surface area contributed by atoms with Gasteiger partial charge in [0.15, 0.2) is 0 Å². The van der Waals surface area contributed by atoms with Gasteiger partial charge in [0.25, 0.3) is 5.19 Å². The number of rotatable bonds is 8. The molecule has 4 rings (SSSR count). The van der Waals surface area contributed by atoms with E-state index in [2.05, 4.69) is 15.3 Å². The van der Waals surface area contributed by atoms with Crippen molar-refractivity contribution < 1.29 is 14.6 Å². The largest absolute Gasteiger partial charge is 0.477 e. The summed E-state index contributed by atoms with van der Waals surface area (Å²) < 4.78 is 8.07. The zero-order valence-corrected chi connectivity index (χ0v) is 20.2. The number of thiazole rings is 1. The van der Waals surface area contributed by atoms with Crippen molar-refractivity contribution in [1.29, 1.82) is 0 Å². The predicted octanol–water partition coefficient (Wildman–Crippen LogP) is 4.38. The van der Waals surface area contributed by atoms with E-state index in [1.165, 1.54) is 10.8 Å². The monoisotopic (exact) mass is 513 g/mol. The Morgan fingerprint density at radius 3 is 2.43 bits per heavy atom. The second kappa shape index (κ2) is 10.1. The third kappa shape index (κ3) is 5.58. The molecule has 4 aromatic rings. The van der Waals surface area contributed by atoms with Crippen LogP contribution in [0.4, 0.5) is 11.6 Å². The number of carboxylic acid groups (broad SMARTS) is 1. The average molecular weight is 514 g/mol. The molecule has 0 saturated carbocycles.